The Hall–Kier alpha value is -2.37. The number of amides is 2. The number of hydrogen-bond acceptors (Lipinski definition) is 4. The topological polar surface area (TPSA) is 75.7 Å². The molecule has 6 heteroatoms. The van der Waals surface area contributed by atoms with Crippen molar-refractivity contribution in [3.63, 3.8) is 0 Å². The van der Waals surface area contributed by atoms with Crippen LogP contribution in [0.15, 0.2) is 0 Å². The first-order valence-electron chi connectivity index (χ1n) is 8.80. The maximum atomic E-state index is 12.6. The van der Waals surface area contributed by atoms with Crippen molar-refractivity contribution in [1.29, 1.82) is 0 Å². The van der Waals surface area contributed by atoms with Crippen LogP contribution < -0.4 is 10.2 Å². The fraction of sp³-hybridized carbons (Fsp3) is 0.550. The van der Waals surface area contributed by atoms with E-state index in [4.69, 9.17) is 4.74 Å². The molecule has 1 N–H and O–H groups in total. The van der Waals surface area contributed by atoms with Crippen molar-refractivity contribution >= 4 is 29.2 Å². The summed E-state index contributed by atoms with van der Waals surface area (Å²) in [7, 11) is 1.36. The number of nitrogens with one attached hydrogen (secondary N) is 1. The summed E-state index contributed by atoms with van der Waals surface area (Å²) in [5.74, 6) is -0.522. The van der Waals surface area contributed by atoms with Gasteiger partial charge in [-0.25, -0.2) is 0 Å². The molecule has 0 saturated heterocycles. The molecule has 1 aliphatic rings. The van der Waals surface area contributed by atoms with Gasteiger partial charge in [-0.2, -0.15) is 0 Å². The quantitative estimate of drug-likeness (QED) is 0.841. The summed E-state index contributed by atoms with van der Waals surface area (Å²) < 4.78 is 4.83. The second-order valence-electron chi connectivity index (χ2n) is 7.81. The molecule has 0 atom stereocenters. The summed E-state index contributed by atoms with van der Waals surface area (Å²) in [6.45, 7) is 11.4. The van der Waals surface area contributed by atoms with E-state index in [0.29, 0.717) is 18.7 Å². The van der Waals surface area contributed by atoms with Gasteiger partial charge in [0, 0.05) is 18.9 Å². The van der Waals surface area contributed by atoms with Gasteiger partial charge in [0.25, 0.3) is 0 Å². The van der Waals surface area contributed by atoms with Crippen molar-refractivity contribution in [2.45, 2.75) is 54.4 Å². The molecule has 6 nitrogen and oxygen atoms in total. The van der Waals surface area contributed by atoms with E-state index >= 15 is 0 Å². The van der Waals surface area contributed by atoms with E-state index in [2.05, 4.69) is 5.32 Å². The first-order chi connectivity index (χ1) is 12.0. The Bertz CT molecular complexity index is 775. The molecule has 0 saturated carbocycles. The maximum absolute atomic E-state index is 12.6. The Balaban J connectivity index is 2.68. The van der Waals surface area contributed by atoms with Crippen molar-refractivity contribution in [1.82, 2.24) is 0 Å². The van der Waals surface area contributed by atoms with Crippen molar-refractivity contribution < 1.29 is 19.1 Å². The van der Waals surface area contributed by atoms with Crippen molar-refractivity contribution in [3.05, 3.63) is 22.3 Å². The number of hydrogen-bond donors (Lipinski definition) is 1. The normalized spacial score (nSPS) is 13.4. The Morgan fingerprint density at radius 3 is 2.27 bits per heavy atom. The van der Waals surface area contributed by atoms with E-state index in [1.165, 1.54) is 14.0 Å². The minimum atomic E-state index is -0.577. The fourth-order valence-corrected chi connectivity index (χ4v) is 3.31. The Labute approximate surface area is 154 Å². The number of anilines is 2. The molecule has 142 valence electrons. The zero-order valence-electron chi connectivity index (χ0n) is 16.7. The lowest BCUT2D eigenvalue weighted by molar-refractivity contribution is -0.139. The fourth-order valence-electron chi connectivity index (χ4n) is 3.31. The average molecular weight is 360 g/mol. The second-order valence-corrected chi connectivity index (χ2v) is 7.81. The van der Waals surface area contributed by atoms with Gasteiger partial charge >= 0.3 is 5.97 Å². The number of nitrogens with zero attached hydrogens (tertiary/aromatic N) is 1. The first-order valence-corrected chi connectivity index (χ1v) is 8.80. The van der Waals surface area contributed by atoms with Gasteiger partial charge in [-0.05, 0) is 42.5 Å². The molecule has 26 heavy (non-hydrogen) atoms. The number of benzene rings is 1. The van der Waals surface area contributed by atoms with Gasteiger partial charge < -0.3 is 15.0 Å². The molecule has 1 heterocycles. The molecular formula is C20H28N2O4. The zero-order valence-corrected chi connectivity index (χ0v) is 16.7. The highest BCUT2D eigenvalue weighted by atomic mass is 16.5. The van der Waals surface area contributed by atoms with Crippen LogP contribution >= 0.6 is 0 Å². The van der Waals surface area contributed by atoms with Crippen LogP contribution in [0.1, 0.15) is 49.9 Å². The van der Waals surface area contributed by atoms with Gasteiger partial charge in [0.1, 0.15) is 0 Å². The molecule has 1 aromatic carbocycles. The standard InChI is InChI=1S/C20H28N2O4/c1-11-14-8-9-22(13(3)23)18(14)17(21-19(25)20(4,5)6)12(2)15(11)10-16(24)26-7/h8-10H2,1-7H3,(H,21,25). The van der Waals surface area contributed by atoms with E-state index in [-0.39, 0.29) is 24.2 Å². The predicted molar refractivity (Wildman–Crippen MR) is 101 cm³/mol. The van der Waals surface area contributed by atoms with Gasteiger partial charge in [-0.3, -0.25) is 14.4 Å². The molecular weight excluding hydrogens is 332 g/mol. The zero-order chi connectivity index (χ0) is 19.8. The lowest BCUT2D eigenvalue weighted by Crippen LogP contribution is -2.31. The van der Waals surface area contributed by atoms with E-state index in [1.807, 2.05) is 34.6 Å². The van der Waals surface area contributed by atoms with Crippen LogP contribution in [0.2, 0.25) is 0 Å². The van der Waals surface area contributed by atoms with Gasteiger partial charge in [-0.15, -0.1) is 0 Å². The number of ether oxygens (including phenoxy) is 1. The molecule has 2 amide bonds. The largest absolute Gasteiger partial charge is 0.469 e. The van der Waals surface area contributed by atoms with Gasteiger partial charge in [0.05, 0.1) is 24.9 Å². The van der Waals surface area contributed by atoms with Crippen molar-refractivity contribution in [2.24, 2.45) is 5.41 Å². The van der Waals surface area contributed by atoms with Crippen LogP contribution in [0, 0.1) is 19.3 Å². The Kier molecular flexibility index (Phi) is 5.44. The van der Waals surface area contributed by atoms with Crippen LogP contribution in [0.5, 0.6) is 0 Å². The second kappa shape index (κ2) is 7.09. The van der Waals surface area contributed by atoms with Crippen molar-refractivity contribution in [3.8, 4) is 0 Å². The summed E-state index contributed by atoms with van der Waals surface area (Å²) in [5, 5.41) is 3.01. The van der Waals surface area contributed by atoms with Gasteiger partial charge in [0.15, 0.2) is 0 Å². The van der Waals surface area contributed by atoms with Gasteiger partial charge in [0.2, 0.25) is 11.8 Å². The van der Waals surface area contributed by atoms with E-state index in [9.17, 15) is 14.4 Å². The summed E-state index contributed by atoms with van der Waals surface area (Å²) >= 11 is 0. The van der Waals surface area contributed by atoms with Gasteiger partial charge in [-0.1, -0.05) is 20.8 Å². The minimum Gasteiger partial charge on any atom is -0.469 e. The molecule has 1 aromatic rings. The number of methoxy groups -OCH3 is 1. The summed E-state index contributed by atoms with van der Waals surface area (Å²) in [5.41, 5.74) is 4.46. The highest BCUT2D eigenvalue weighted by molar-refractivity contribution is 6.05. The number of rotatable bonds is 3. The molecule has 0 unspecified atom stereocenters. The number of fused-ring (bicyclic) bond motifs is 1. The third-order valence-corrected chi connectivity index (χ3v) is 4.96. The molecule has 0 spiro atoms. The number of carbonyl (C=O) groups excluding carboxylic acids is 3. The first kappa shape index (κ1) is 19.9. The van der Waals surface area contributed by atoms with E-state index in [0.717, 1.165) is 27.9 Å². The molecule has 0 fully saturated rings. The third kappa shape index (κ3) is 3.59. The van der Waals surface area contributed by atoms with Crippen LogP contribution in [-0.4, -0.2) is 31.4 Å². The molecule has 0 aromatic heterocycles. The third-order valence-electron chi connectivity index (χ3n) is 4.96. The molecule has 0 bridgehead atoms. The summed E-state index contributed by atoms with van der Waals surface area (Å²) in [4.78, 5) is 38.3. The Morgan fingerprint density at radius 1 is 1.15 bits per heavy atom. The highest BCUT2D eigenvalue weighted by Gasteiger charge is 2.33. The Morgan fingerprint density at radius 2 is 1.77 bits per heavy atom. The van der Waals surface area contributed by atoms with Crippen LogP contribution in [0.25, 0.3) is 0 Å². The molecule has 2 rings (SSSR count). The molecule has 0 radical (unpaired) electrons. The monoisotopic (exact) mass is 360 g/mol. The smallest absolute Gasteiger partial charge is 0.309 e. The summed E-state index contributed by atoms with van der Waals surface area (Å²) in [6.07, 6.45) is 0.841. The summed E-state index contributed by atoms with van der Waals surface area (Å²) in [6, 6.07) is 0. The van der Waals surface area contributed by atoms with Crippen LogP contribution in [0.3, 0.4) is 0 Å². The van der Waals surface area contributed by atoms with Crippen molar-refractivity contribution in [2.75, 3.05) is 23.9 Å². The maximum Gasteiger partial charge on any atom is 0.309 e. The number of carbonyl (C=O) groups is 3. The van der Waals surface area contributed by atoms with Crippen LogP contribution in [0.4, 0.5) is 11.4 Å². The van der Waals surface area contributed by atoms with Crippen LogP contribution in [-0.2, 0) is 32.0 Å². The minimum absolute atomic E-state index is 0.0606. The lowest BCUT2D eigenvalue weighted by atomic mass is 9.90. The SMILES string of the molecule is COC(=O)Cc1c(C)c2c(c(NC(=O)C(C)(C)C)c1C)N(C(C)=O)CC2. The lowest BCUT2D eigenvalue weighted by Gasteiger charge is -2.26. The molecule has 1 aliphatic heterocycles. The van der Waals surface area contributed by atoms with E-state index in [1.54, 1.807) is 4.90 Å². The highest BCUT2D eigenvalue weighted by Crippen LogP contribution is 2.43. The average Bonchev–Trinajstić information content (AvgIpc) is 2.99. The van der Waals surface area contributed by atoms with E-state index < -0.39 is 5.41 Å². The predicted octanol–water partition coefficient (Wildman–Crippen LogP) is 2.91. The number of esters is 1. The molecule has 0 aliphatic carbocycles.